The zero-order valence-electron chi connectivity index (χ0n) is 10.3. The van der Waals surface area contributed by atoms with Gasteiger partial charge in [-0.05, 0) is 6.92 Å². The van der Waals surface area contributed by atoms with Crippen molar-refractivity contribution in [3.05, 3.63) is 0 Å². The molecule has 2 atom stereocenters. The first-order valence-electron chi connectivity index (χ1n) is 5.96. The van der Waals surface area contributed by atoms with Crippen LogP contribution in [-0.2, 0) is 9.59 Å². The van der Waals surface area contributed by atoms with E-state index >= 15 is 0 Å². The molecule has 2 rings (SSSR count). The Morgan fingerprint density at radius 3 is 2.82 bits per heavy atom. The van der Waals surface area contributed by atoms with E-state index in [2.05, 4.69) is 12.2 Å². The van der Waals surface area contributed by atoms with Gasteiger partial charge in [0.05, 0.1) is 5.88 Å². The largest absolute Gasteiger partial charge is 0.338 e. The molecule has 1 N–H and O–H groups in total. The standard InChI is InChI=1S/C11H19N3O2S/c1-8-5-13(4-3-12-8)11(16)10-6-17-7-14(10)9(2)15/h8,10,12H,3-7H2,1-2H3/t8-,10+/m0/s1. The van der Waals surface area contributed by atoms with Crippen molar-refractivity contribution in [3.63, 3.8) is 0 Å². The summed E-state index contributed by atoms with van der Waals surface area (Å²) in [7, 11) is 0. The van der Waals surface area contributed by atoms with Gasteiger partial charge in [0.15, 0.2) is 0 Å². The fraction of sp³-hybridized carbons (Fsp3) is 0.818. The van der Waals surface area contributed by atoms with Crippen molar-refractivity contribution in [2.24, 2.45) is 0 Å². The molecule has 0 spiro atoms. The number of rotatable bonds is 1. The lowest BCUT2D eigenvalue weighted by molar-refractivity contribution is -0.143. The van der Waals surface area contributed by atoms with Crippen LogP contribution in [0.1, 0.15) is 13.8 Å². The summed E-state index contributed by atoms with van der Waals surface area (Å²) in [5.74, 6) is 1.49. The molecular weight excluding hydrogens is 238 g/mol. The first-order chi connectivity index (χ1) is 8.09. The molecule has 2 aliphatic rings. The van der Waals surface area contributed by atoms with Crippen LogP contribution in [0.15, 0.2) is 0 Å². The monoisotopic (exact) mass is 257 g/mol. The smallest absolute Gasteiger partial charge is 0.246 e. The van der Waals surface area contributed by atoms with Crippen LogP contribution < -0.4 is 5.32 Å². The summed E-state index contributed by atoms with van der Waals surface area (Å²) >= 11 is 1.65. The molecule has 96 valence electrons. The third-order valence-corrected chi connectivity index (χ3v) is 4.26. The molecule has 2 amide bonds. The van der Waals surface area contributed by atoms with Crippen molar-refractivity contribution in [1.29, 1.82) is 0 Å². The molecule has 0 bridgehead atoms. The molecule has 0 radical (unpaired) electrons. The van der Waals surface area contributed by atoms with Crippen molar-refractivity contribution in [2.45, 2.75) is 25.9 Å². The van der Waals surface area contributed by atoms with Gasteiger partial charge in [-0.2, -0.15) is 0 Å². The van der Waals surface area contributed by atoms with E-state index in [0.717, 1.165) is 25.4 Å². The van der Waals surface area contributed by atoms with Crippen LogP contribution in [0.2, 0.25) is 0 Å². The summed E-state index contributed by atoms with van der Waals surface area (Å²) in [6, 6.07) is 0.0929. The number of carbonyl (C=O) groups excluding carboxylic acids is 2. The lowest BCUT2D eigenvalue weighted by Gasteiger charge is -2.35. The maximum absolute atomic E-state index is 12.4. The van der Waals surface area contributed by atoms with Crippen LogP contribution in [0.25, 0.3) is 0 Å². The molecule has 2 fully saturated rings. The summed E-state index contributed by atoms with van der Waals surface area (Å²) < 4.78 is 0. The number of hydrogen-bond donors (Lipinski definition) is 1. The number of carbonyl (C=O) groups is 2. The average Bonchev–Trinajstić information content (AvgIpc) is 2.77. The second-order valence-electron chi connectivity index (χ2n) is 4.64. The Hall–Kier alpha value is -0.750. The Morgan fingerprint density at radius 1 is 1.41 bits per heavy atom. The van der Waals surface area contributed by atoms with Gasteiger partial charge in [-0.25, -0.2) is 0 Å². The van der Waals surface area contributed by atoms with Gasteiger partial charge in [0.25, 0.3) is 0 Å². The molecule has 0 aliphatic carbocycles. The molecular formula is C11H19N3O2S. The summed E-state index contributed by atoms with van der Waals surface area (Å²) in [4.78, 5) is 27.4. The number of amides is 2. The molecule has 0 aromatic heterocycles. The highest BCUT2D eigenvalue weighted by molar-refractivity contribution is 7.99. The first kappa shape index (κ1) is 12.7. The van der Waals surface area contributed by atoms with Crippen LogP contribution in [-0.4, -0.2) is 65.0 Å². The molecule has 2 aliphatic heterocycles. The molecule has 2 saturated heterocycles. The zero-order valence-corrected chi connectivity index (χ0v) is 11.1. The fourth-order valence-corrected chi connectivity index (χ4v) is 3.51. The minimum atomic E-state index is -0.247. The van der Waals surface area contributed by atoms with Crippen molar-refractivity contribution in [3.8, 4) is 0 Å². The second-order valence-corrected chi connectivity index (χ2v) is 5.64. The molecule has 5 nitrogen and oxygen atoms in total. The van der Waals surface area contributed by atoms with Gasteiger partial charge in [0.2, 0.25) is 11.8 Å². The van der Waals surface area contributed by atoms with Gasteiger partial charge < -0.3 is 15.1 Å². The van der Waals surface area contributed by atoms with Crippen LogP contribution in [0, 0.1) is 0 Å². The van der Waals surface area contributed by atoms with E-state index in [1.54, 1.807) is 16.7 Å². The minimum absolute atomic E-state index is 0.00321. The third-order valence-electron chi connectivity index (χ3n) is 3.25. The number of hydrogen-bond acceptors (Lipinski definition) is 4. The van der Waals surface area contributed by atoms with Crippen molar-refractivity contribution in [2.75, 3.05) is 31.3 Å². The highest BCUT2D eigenvalue weighted by Gasteiger charge is 2.36. The van der Waals surface area contributed by atoms with E-state index in [-0.39, 0.29) is 17.9 Å². The zero-order chi connectivity index (χ0) is 12.4. The molecule has 2 heterocycles. The number of nitrogens with zero attached hydrogens (tertiary/aromatic N) is 2. The Bertz CT molecular complexity index is 324. The normalized spacial score (nSPS) is 29.5. The van der Waals surface area contributed by atoms with E-state index < -0.39 is 0 Å². The highest BCUT2D eigenvalue weighted by Crippen LogP contribution is 2.22. The molecule has 0 saturated carbocycles. The molecule has 0 unspecified atom stereocenters. The SMILES string of the molecule is CC(=O)N1CSC[C@@H]1C(=O)N1CCN[C@@H](C)C1. The summed E-state index contributed by atoms with van der Waals surface area (Å²) in [6.45, 7) is 5.94. The van der Waals surface area contributed by atoms with Gasteiger partial charge in [-0.1, -0.05) is 0 Å². The van der Waals surface area contributed by atoms with E-state index in [1.165, 1.54) is 6.92 Å². The molecule has 17 heavy (non-hydrogen) atoms. The predicted molar refractivity (Wildman–Crippen MR) is 67.7 cm³/mol. The van der Waals surface area contributed by atoms with Gasteiger partial charge >= 0.3 is 0 Å². The number of nitrogens with one attached hydrogen (secondary N) is 1. The molecule has 0 aromatic rings. The van der Waals surface area contributed by atoms with Gasteiger partial charge in [0, 0.05) is 38.4 Å². The lowest BCUT2D eigenvalue weighted by Crippen LogP contribution is -2.56. The maximum atomic E-state index is 12.4. The van der Waals surface area contributed by atoms with E-state index in [4.69, 9.17) is 0 Å². The van der Waals surface area contributed by atoms with E-state index in [1.807, 2.05) is 4.90 Å². The molecule has 0 aromatic carbocycles. The lowest BCUT2D eigenvalue weighted by atomic mass is 10.2. The van der Waals surface area contributed by atoms with Gasteiger partial charge in [-0.15, -0.1) is 11.8 Å². The maximum Gasteiger partial charge on any atom is 0.246 e. The fourth-order valence-electron chi connectivity index (χ4n) is 2.30. The summed E-state index contributed by atoms with van der Waals surface area (Å²) in [5.41, 5.74) is 0. The van der Waals surface area contributed by atoms with Crippen molar-refractivity contribution >= 4 is 23.6 Å². The van der Waals surface area contributed by atoms with Crippen LogP contribution in [0.4, 0.5) is 0 Å². The summed E-state index contributed by atoms with van der Waals surface area (Å²) in [6.07, 6.45) is 0. The Balaban J connectivity index is 2.01. The number of piperazine rings is 1. The highest BCUT2D eigenvalue weighted by atomic mass is 32.2. The first-order valence-corrected chi connectivity index (χ1v) is 7.12. The van der Waals surface area contributed by atoms with E-state index in [9.17, 15) is 9.59 Å². The third kappa shape index (κ3) is 2.74. The Kier molecular flexibility index (Phi) is 3.93. The van der Waals surface area contributed by atoms with Crippen molar-refractivity contribution in [1.82, 2.24) is 15.1 Å². The van der Waals surface area contributed by atoms with Crippen molar-refractivity contribution < 1.29 is 9.59 Å². The van der Waals surface area contributed by atoms with Gasteiger partial charge in [-0.3, -0.25) is 9.59 Å². The topological polar surface area (TPSA) is 52.7 Å². The van der Waals surface area contributed by atoms with Crippen LogP contribution in [0.5, 0.6) is 0 Å². The number of thioether (sulfide) groups is 1. The van der Waals surface area contributed by atoms with Crippen LogP contribution in [0.3, 0.4) is 0 Å². The quantitative estimate of drug-likeness (QED) is 0.702. The van der Waals surface area contributed by atoms with E-state index in [0.29, 0.717) is 11.9 Å². The second kappa shape index (κ2) is 5.27. The summed E-state index contributed by atoms with van der Waals surface area (Å²) in [5, 5.41) is 3.31. The van der Waals surface area contributed by atoms with Crippen LogP contribution >= 0.6 is 11.8 Å². The Labute approximate surface area is 106 Å². The Morgan fingerprint density at radius 2 is 2.18 bits per heavy atom. The molecule has 6 heteroatoms. The minimum Gasteiger partial charge on any atom is -0.338 e. The van der Waals surface area contributed by atoms with Gasteiger partial charge in [0.1, 0.15) is 6.04 Å². The predicted octanol–water partition coefficient (Wildman–Crippen LogP) is -0.272. The average molecular weight is 257 g/mol.